The summed E-state index contributed by atoms with van der Waals surface area (Å²) >= 11 is 5.32. The van der Waals surface area contributed by atoms with Gasteiger partial charge in [0.1, 0.15) is 5.75 Å². The summed E-state index contributed by atoms with van der Waals surface area (Å²) in [7, 11) is 0. The van der Waals surface area contributed by atoms with Gasteiger partial charge in [0, 0.05) is 6.42 Å². The number of carbonyl (C=O) groups is 1. The Labute approximate surface area is 173 Å². The second-order valence-corrected chi connectivity index (χ2v) is 7.23. The smallest absolute Gasteiger partial charge is 0.221 e. The van der Waals surface area contributed by atoms with E-state index in [-0.39, 0.29) is 5.24 Å². The van der Waals surface area contributed by atoms with Gasteiger partial charge in [0.2, 0.25) is 5.24 Å². The molecule has 0 saturated heterocycles. The van der Waals surface area contributed by atoms with Crippen LogP contribution in [0.15, 0.2) is 64.8 Å². The van der Waals surface area contributed by atoms with Crippen molar-refractivity contribution in [2.45, 2.75) is 57.8 Å². The molecule has 5 heteroatoms. The van der Waals surface area contributed by atoms with E-state index in [0.29, 0.717) is 6.42 Å². The Balaban J connectivity index is 1.50. The van der Waals surface area contributed by atoms with Gasteiger partial charge in [-0.3, -0.25) is 4.79 Å². The van der Waals surface area contributed by atoms with Gasteiger partial charge in [-0.25, -0.2) is 0 Å². The lowest BCUT2D eigenvalue weighted by molar-refractivity contribution is -0.111. The third-order valence-corrected chi connectivity index (χ3v) is 4.60. The number of carbonyl (C=O) groups excluding carboxylic acids is 1. The second-order valence-electron chi connectivity index (χ2n) is 6.81. The van der Waals surface area contributed by atoms with Crippen molar-refractivity contribution < 1.29 is 9.53 Å². The molecule has 0 spiro atoms. The van der Waals surface area contributed by atoms with Gasteiger partial charge in [0.05, 0.1) is 18.0 Å². The van der Waals surface area contributed by atoms with Crippen LogP contribution in [0, 0.1) is 0 Å². The maximum Gasteiger partial charge on any atom is 0.221 e. The van der Waals surface area contributed by atoms with Crippen LogP contribution in [0.25, 0.3) is 0 Å². The normalized spacial score (nSPS) is 11.0. The van der Waals surface area contributed by atoms with Crippen LogP contribution in [0.3, 0.4) is 0 Å². The number of hydrogen-bond acceptors (Lipinski definition) is 4. The zero-order valence-electron chi connectivity index (χ0n) is 16.4. The molecule has 2 rings (SSSR count). The van der Waals surface area contributed by atoms with Crippen LogP contribution in [0.2, 0.25) is 0 Å². The van der Waals surface area contributed by atoms with Gasteiger partial charge in [-0.15, -0.1) is 0 Å². The molecule has 0 aliphatic carbocycles. The summed E-state index contributed by atoms with van der Waals surface area (Å²) in [4.78, 5) is 10.6. The summed E-state index contributed by atoms with van der Waals surface area (Å²) < 4.78 is 5.79. The molecule has 2 aromatic rings. The van der Waals surface area contributed by atoms with Crippen LogP contribution < -0.4 is 4.74 Å². The molecule has 0 N–H and O–H groups in total. The summed E-state index contributed by atoms with van der Waals surface area (Å²) in [5, 5.41) is 8.22. The Morgan fingerprint density at radius 3 is 1.86 bits per heavy atom. The van der Waals surface area contributed by atoms with Gasteiger partial charge < -0.3 is 4.74 Å². The fraction of sp³-hybridized carbons (Fsp3) is 0.435. The Morgan fingerprint density at radius 1 is 0.714 bits per heavy atom. The minimum Gasteiger partial charge on any atom is -0.494 e. The van der Waals surface area contributed by atoms with Crippen LogP contribution in [0.4, 0.5) is 11.4 Å². The Bertz CT molecular complexity index is 702. The topological polar surface area (TPSA) is 51.0 Å². The van der Waals surface area contributed by atoms with E-state index in [2.05, 4.69) is 10.2 Å². The van der Waals surface area contributed by atoms with E-state index in [9.17, 15) is 4.79 Å². The highest BCUT2D eigenvalue weighted by Crippen LogP contribution is 2.21. The van der Waals surface area contributed by atoms with Gasteiger partial charge >= 0.3 is 0 Å². The van der Waals surface area contributed by atoms with Gasteiger partial charge in [0.15, 0.2) is 0 Å². The molecule has 150 valence electrons. The van der Waals surface area contributed by atoms with Crippen molar-refractivity contribution in [1.82, 2.24) is 0 Å². The largest absolute Gasteiger partial charge is 0.494 e. The highest BCUT2D eigenvalue weighted by atomic mass is 35.5. The van der Waals surface area contributed by atoms with Gasteiger partial charge in [0.25, 0.3) is 0 Å². The van der Waals surface area contributed by atoms with Crippen molar-refractivity contribution >= 4 is 28.2 Å². The molecule has 0 atom stereocenters. The van der Waals surface area contributed by atoms with Crippen LogP contribution in [-0.2, 0) is 4.79 Å². The van der Waals surface area contributed by atoms with E-state index in [1.165, 1.54) is 32.1 Å². The quantitative estimate of drug-likeness (QED) is 0.185. The van der Waals surface area contributed by atoms with Crippen LogP contribution >= 0.6 is 11.6 Å². The molecule has 0 saturated carbocycles. The molecule has 4 nitrogen and oxygen atoms in total. The first kappa shape index (κ1) is 22.1. The number of hydrogen-bond donors (Lipinski definition) is 0. The lowest BCUT2D eigenvalue weighted by atomic mass is 10.1. The molecule has 28 heavy (non-hydrogen) atoms. The number of ether oxygens (including phenoxy) is 1. The van der Waals surface area contributed by atoms with Crippen molar-refractivity contribution in [3.05, 3.63) is 54.6 Å². The van der Waals surface area contributed by atoms with Crippen LogP contribution in [-0.4, -0.2) is 11.8 Å². The van der Waals surface area contributed by atoms with Crippen LogP contribution in [0.5, 0.6) is 5.75 Å². The van der Waals surface area contributed by atoms with E-state index in [1.807, 2.05) is 54.6 Å². The highest BCUT2D eigenvalue weighted by molar-refractivity contribution is 6.63. The maximum atomic E-state index is 10.6. The highest BCUT2D eigenvalue weighted by Gasteiger charge is 1.98. The molecule has 0 aromatic heterocycles. The zero-order chi connectivity index (χ0) is 19.9. The second kappa shape index (κ2) is 13.9. The SMILES string of the molecule is O=C(Cl)CCCCCCCCCCOc1ccc(N=Nc2ccccc2)cc1. The van der Waals surface area contributed by atoms with E-state index < -0.39 is 0 Å². The molecule has 0 heterocycles. The lowest BCUT2D eigenvalue weighted by Gasteiger charge is -2.06. The molecule has 0 aliphatic heterocycles. The third-order valence-electron chi connectivity index (χ3n) is 4.41. The first-order chi connectivity index (χ1) is 13.7. The Kier molecular flexibility index (Phi) is 11.0. The fourth-order valence-corrected chi connectivity index (χ4v) is 2.97. The van der Waals surface area contributed by atoms with E-state index >= 15 is 0 Å². The zero-order valence-corrected chi connectivity index (χ0v) is 17.1. The van der Waals surface area contributed by atoms with E-state index in [0.717, 1.165) is 43.0 Å². The van der Waals surface area contributed by atoms with Crippen molar-refractivity contribution in [3.8, 4) is 5.75 Å². The number of unbranched alkanes of at least 4 members (excludes halogenated alkanes) is 7. The first-order valence-corrected chi connectivity index (χ1v) is 10.5. The van der Waals surface area contributed by atoms with Gasteiger partial charge in [-0.1, -0.05) is 56.7 Å². The van der Waals surface area contributed by atoms with Crippen molar-refractivity contribution in [3.63, 3.8) is 0 Å². The van der Waals surface area contributed by atoms with Crippen LogP contribution in [0.1, 0.15) is 57.8 Å². The molecular formula is C23H29ClN2O2. The monoisotopic (exact) mass is 400 g/mol. The number of nitrogens with zero attached hydrogens (tertiary/aromatic N) is 2. The minimum absolute atomic E-state index is 0.216. The van der Waals surface area contributed by atoms with Crippen molar-refractivity contribution in [1.29, 1.82) is 0 Å². The van der Waals surface area contributed by atoms with Gasteiger partial charge in [-0.05, 0) is 60.8 Å². The van der Waals surface area contributed by atoms with E-state index in [1.54, 1.807) is 0 Å². The summed E-state index contributed by atoms with van der Waals surface area (Å²) in [5.74, 6) is 0.868. The molecule has 0 amide bonds. The molecule has 2 aromatic carbocycles. The predicted octanol–water partition coefficient (Wildman–Crippen LogP) is 7.76. The Hall–Kier alpha value is -2.20. The number of benzene rings is 2. The summed E-state index contributed by atoms with van der Waals surface area (Å²) in [5.41, 5.74) is 1.65. The summed E-state index contributed by atoms with van der Waals surface area (Å²) in [6, 6.07) is 17.4. The summed E-state index contributed by atoms with van der Waals surface area (Å²) in [6.07, 6.45) is 9.68. The fourth-order valence-electron chi connectivity index (χ4n) is 2.84. The number of halogens is 1. The molecular weight excluding hydrogens is 372 g/mol. The summed E-state index contributed by atoms with van der Waals surface area (Å²) in [6.45, 7) is 0.739. The Morgan fingerprint density at radius 2 is 1.25 bits per heavy atom. The van der Waals surface area contributed by atoms with Crippen molar-refractivity contribution in [2.75, 3.05) is 6.61 Å². The lowest BCUT2D eigenvalue weighted by Crippen LogP contribution is -1.96. The number of azo groups is 1. The standard InChI is InChI=1S/C23H29ClN2O2/c24-23(27)14-10-5-3-1-2-4-6-11-19-28-22-17-15-21(16-18-22)26-25-20-12-8-7-9-13-20/h7-9,12-13,15-18H,1-6,10-11,14,19H2. The average Bonchev–Trinajstić information content (AvgIpc) is 2.72. The van der Waals surface area contributed by atoms with E-state index in [4.69, 9.17) is 16.3 Å². The molecule has 0 unspecified atom stereocenters. The first-order valence-electron chi connectivity index (χ1n) is 10.1. The van der Waals surface area contributed by atoms with Gasteiger partial charge in [-0.2, -0.15) is 10.2 Å². The average molecular weight is 401 g/mol. The third kappa shape index (κ3) is 10.2. The predicted molar refractivity (Wildman–Crippen MR) is 115 cm³/mol. The van der Waals surface area contributed by atoms with Crippen molar-refractivity contribution in [2.24, 2.45) is 10.2 Å². The minimum atomic E-state index is -0.216. The number of rotatable bonds is 14. The molecule has 0 aliphatic rings. The molecule has 0 bridgehead atoms. The molecule has 0 radical (unpaired) electrons. The molecule has 0 fully saturated rings. The maximum absolute atomic E-state index is 10.6.